The summed E-state index contributed by atoms with van der Waals surface area (Å²) in [6.45, 7) is -0.318. The van der Waals surface area contributed by atoms with Gasteiger partial charge in [-0.25, -0.2) is 4.79 Å². The molecule has 0 radical (unpaired) electrons. The average molecular weight is 313 g/mol. The number of carbonyl (C=O) groups is 2. The average Bonchev–Trinajstić information content (AvgIpc) is 2.32. The van der Waals surface area contributed by atoms with Crippen LogP contribution in [0.5, 0.6) is 0 Å². The Bertz CT molecular complexity index is 504. The Balaban J connectivity index is 3.35. The quantitative estimate of drug-likeness (QED) is 0.743. The molecule has 98 valence electrons. The Morgan fingerprint density at radius 3 is 2.33 bits per heavy atom. The van der Waals surface area contributed by atoms with E-state index in [1.54, 1.807) is 0 Å². The second-order valence-electron chi connectivity index (χ2n) is 3.19. The molecule has 3 N–H and O–H groups in total. The largest absolute Gasteiger partial charge is 0.478 e. The van der Waals surface area contributed by atoms with Crippen molar-refractivity contribution in [2.75, 3.05) is 13.2 Å². The topological polar surface area (TPSA) is 86.6 Å². The lowest BCUT2D eigenvalue weighted by Crippen LogP contribution is -2.28. The summed E-state index contributed by atoms with van der Waals surface area (Å²) >= 11 is 17.3. The molecule has 0 atom stereocenters. The summed E-state index contributed by atoms with van der Waals surface area (Å²) in [7, 11) is 0. The first-order valence-corrected chi connectivity index (χ1v) is 5.83. The fourth-order valence-electron chi connectivity index (χ4n) is 1.24. The number of nitrogens with one attached hydrogen (secondary N) is 1. The lowest BCUT2D eigenvalue weighted by atomic mass is 10.1. The molecule has 8 heteroatoms. The third-order valence-electron chi connectivity index (χ3n) is 2.02. The first kappa shape index (κ1) is 15.0. The first-order chi connectivity index (χ1) is 8.40. The standard InChI is InChI=1S/C10H8Cl3NO4/c11-5-3-4(10(17)18)6(8(13)7(5)12)9(16)14-1-2-15/h3,15H,1-2H2,(H,14,16)(H,17,18). The van der Waals surface area contributed by atoms with Crippen molar-refractivity contribution in [3.8, 4) is 0 Å². The molecule has 0 saturated carbocycles. The zero-order valence-electron chi connectivity index (χ0n) is 8.84. The van der Waals surface area contributed by atoms with Crippen LogP contribution in [-0.2, 0) is 0 Å². The normalized spacial score (nSPS) is 10.2. The molecule has 1 aromatic rings. The number of hydrogen-bond donors (Lipinski definition) is 3. The Kier molecular flexibility index (Phi) is 5.22. The molecule has 0 aliphatic carbocycles. The van der Waals surface area contributed by atoms with Crippen LogP contribution in [0.2, 0.25) is 15.1 Å². The van der Waals surface area contributed by atoms with Crippen molar-refractivity contribution in [3.63, 3.8) is 0 Å². The lowest BCUT2D eigenvalue weighted by Gasteiger charge is -2.11. The highest BCUT2D eigenvalue weighted by molar-refractivity contribution is 6.49. The van der Waals surface area contributed by atoms with Crippen LogP contribution in [0.15, 0.2) is 6.07 Å². The van der Waals surface area contributed by atoms with E-state index in [1.807, 2.05) is 0 Å². The maximum absolute atomic E-state index is 11.7. The number of carbonyl (C=O) groups excluding carboxylic acids is 1. The number of hydrogen-bond acceptors (Lipinski definition) is 3. The van der Waals surface area contributed by atoms with E-state index in [-0.39, 0.29) is 39.3 Å². The number of aliphatic hydroxyl groups excluding tert-OH is 1. The molecule has 0 aliphatic rings. The van der Waals surface area contributed by atoms with Crippen LogP contribution in [0.3, 0.4) is 0 Å². The van der Waals surface area contributed by atoms with Crippen molar-refractivity contribution < 1.29 is 19.8 Å². The molecule has 0 unspecified atom stereocenters. The van der Waals surface area contributed by atoms with Crippen molar-refractivity contribution in [3.05, 3.63) is 32.3 Å². The molecule has 1 amide bonds. The zero-order valence-corrected chi connectivity index (χ0v) is 11.1. The summed E-state index contributed by atoms with van der Waals surface area (Å²) in [5.74, 6) is -2.10. The van der Waals surface area contributed by atoms with Crippen LogP contribution in [-0.4, -0.2) is 35.2 Å². The Morgan fingerprint density at radius 2 is 1.83 bits per heavy atom. The molecule has 0 heterocycles. The SMILES string of the molecule is O=C(O)c1cc(Cl)c(Cl)c(Cl)c1C(=O)NCCO. The highest BCUT2D eigenvalue weighted by Gasteiger charge is 2.24. The molecule has 18 heavy (non-hydrogen) atoms. The second-order valence-corrected chi connectivity index (χ2v) is 4.36. The number of halogens is 3. The number of amides is 1. The predicted octanol–water partition coefficient (Wildman–Crippen LogP) is 2.07. The first-order valence-electron chi connectivity index (χ1n) is 4.70. The van der Waals surface area contributed by atoms with Gasteiger partial charge in [0.05, 0.1) is 32.8 Å². The monoisotopic (exact) mass is 311 g/mol. The van der Waals surface area contributed by atoms with E-state index in [0.717, 1.165) is 6.07 Å². The summed E-state index contributed by atoms with van der Waals surface area (Å²) in [5, 5.41) is 19.5. The third-order valence-corrected chi connectivity index (χ3v) is 3.28. The van der Waals surface area contributed by atoms with Crippen LogP contribution in [0, 0.1) is 0 Å². The molecule has 1 rings (SSSR count). The molecule has 0 saturated heterocycles. The van der Waals surface area contributed by atoms with Crippen molar-refractivity contribution in [2.45, 2.75) is 0 Å². The van der Waals surface area contributed by atoms with Crippen molar-refractivity contribution >= 4 is 46.7 Å². The molecule has 0 spiro atoms. The molecule has 0 bridgehead atoms. The van der Waals surface area contributed by atoms with Crippen molar-refractivity contribution in [2.24, 2.45) is 0 Å². The maximum Gasteiger partial charge on any atom is 0.336 e. The van der Waals surface area contributed by atoms with E-state index < -0.39 is 11.9 Å². The maximum atomic E-state index is 11.7. The van der Waals surface area contributed by atoms with Gasteiger partial charge < -0.3 is 15.5 Å². The van der Waals surface area contributed by atoms with E-state index in [1.165, 1.54) is 0 Å². The Hall–Kier alpha value is -1.01. The predicted molar refractivity (Wildman–Crippen MR) is 67.9 cm³/mol. The summed E-state index contributed by atoms with van der Waals surface area (Å²) in [4.78, 5) is 22.8. The number of carboxylic acids is 1. The van der Waals surface area contributed by atoms with E-state index in [9.17, 15) is 9.59 Å². The van der Waals surface area contributed by atoms with Crippen molar-refractivity contribution in [1.29, 1.82) is 0 Å². The van der Waals surface area contributed by atoms with E-state index in [2.05, 4.69) is 5.32 Å². The van der Waals surface area contributed by atoms with Gasteiger partial charge in [0.15, 0.2) is 0 Å². The fraction of sp³-hybridized carbons (Fsp3) is 0.200. The second kappa shape index (κ2) is 6.24. The van der Waals surface area contributed by atoms with E-state index in [0.29, 0.717) is 0 Å². The number of aromatic carboxylic acids is 1. The highest BCUT2D eigenvalue weighted by Crippen LogP contribution is 2.35. The highest BCUT2D eigenvalue weighted by atomic mass is 35.5. The van der Waals surface area contributed by atoms with Gasteiger partial charge in [0.1, 0.15) is 0 Å². The minimum atomic E-state index is -1.36. The van der Waals surface area contributed by atoms with Gasteiger partial charge in [-0.3, -0.25) is 4.79 Å². The third kappa shape index (κ3) is 3.05. The van der Waals surface area contributed by atoms with Gasteiger partial charge in [-0.15, -0.1) is 0 Å². The minimum Gasteiger partial charge on any atom is -0.478 e. The lowest BCUT2D eigenvalue weighted by molar-refractivity contribution is 0.0691. The van der Waals surface area contributed by atoms with Gasteiger partial charge in [-0.05, 0) is 6.07 Å². The molecule has 0 aliphatic heterocycles. The van der Waals surface area contributed by atoms with E-state index >= 15 is 0 Å². The van der Waals surface area contributed by atoms with Crippen LogP contribution in [0.4, 0.5) is 0 Å². The number of carboxylic acid groups (broad SMARTS) is 1. The summed E-state index contributed by atoms with van der Waals surface area (Å²) < 4.78 is 0. The van der Waals surface area contributed by atoms with Gasteiger partial charge in [0.2, 0.25) is 0 Å². The molecule has 5 nitrogen and oxygen atoms in total. The summed E-state index contributed by atoms with van der Waals surface area (Å²) in [6, 6.07) is 1.05. The number of rotatable bonds is 4. The number of aliphatic hydroxyl groups is 1. The van der Waals surface area contributed by atoms with Crippen molar-refractivity contribution in [1.82, 2.24) is 5.32 Å². The Morgan fingerprint density at radius 1 is 1.22 bits per heavy atom. The van der Waals surface area contributed by atoms with Crippen LogP contribution in [0.25, 0.3) is 0 Å². The summed E-state index contributed by atoms with van der Waals surface area (Å²) in [6.07, 6.45) is 0. The van der Waals surface area contributed by atoms with Crippen LogP contribution < -0.4 is 5.32 Å². The molecule has 1 aromatic carbocycles. The van der Waals surface area contributed by atoms with E-state index in [4.69, 9.17) is 45.0 Å². The fourth-order valence-corrected chi connectivity index (χ4v) is 1.93. The molecular formula is C10H8Cl3NO4. The molecular weight excluding hydrogens is 304 g/mol. The molecule has 0 fully saturated rings. The zero-order chi connectivity index (χ0) is 13.9. The summed E-state index contributed by atoms with van der Waals surface area (Å²) in [5.41, 5.74) is -0.642. The van der Waals surface area contributed by atoms with Gasteiger partial charge in [-0.2, -0.15) is 0 Å². The van der Waals surface area contributed by atoms with Crippen LogP contribution >= 0.6 is 34.8 Å². The Labute approximate surface area is 117 Å². The minimum absolute atomic E-state index is 0.0333. The van der Waals surface area contributed by atoms with Gasteiger partial charge in [0.25, 0.3) is 5.91 Å². The van der Waals surface area contributed by atoms with Gasteiger partial charge in [-0.1, -0.05) is 34.8 Å². The van der Waals surface area contributed by atoms with Gasteiger partial charge >= 0.3 is 5.97 Å². The number of benzene rings is 1. The molecule has 0 aromatic heterocycles. The smallest absolute Gasteiger partial charge is 0.336 e. The van der Waals surface area contributed by atoms with Gasteiger partial charge in [0, 0.05) is 6.54 Å². The van der Waals surface area contributed by atoms with Crippen LogP contribution in [0.1, 0.15) is 20.7 Å².